The highest BCUT2D eigenvalue weighted by molar-refractivity contribution is 5.95. The van der Waals surface area contributed by atoms with Crippen molar-refractivity contribution in [3.05, 3.63) is 58.7 Å². The summed E-state index contributed by atoms with van der Waals surface area (Å²) in [5.41, 5.74) is 3.62. The quantitative estimate of drug-likeness (QED) is 0.861. The molecule has 0 saturated heterocycles. The minimum Gasteiger partial charge on any atom is -0.465 e. The SMILES string of the molecule is COC(=O)c1ccc2c(c1)-c1cc(C(=O)OC)ccc1C2O. The van der Waals surface area contributed by atoms with Gasteiger partial charge in [0.25, 0.3) is 0 Å². The third-order valence-electron chi connectivity index (χ3n) is 3.83. The number of esters is 2. The Kier molecular flexibility index (Phi) is 3.42. The molecule has 0 heterocycles. The van der Waals surface area contributed by atoms with Crippen LogP contribution in [0.3, 0.4) is 0 Å². The molecule has 5 heteroatoms. The lowest BCUT2D eigenvalue weighted by Crippen LogP contribution is -2.02. The van der Waals surface area contributed by atoms with Crippen LogP contribution in [0.15, 0.2) is 36.4 Å². The fourth-order valence-electron chi connectivity index (χ4n) is 2.71. The van der Waals surface area contributed by atoms with E-state index in [4.69, 9.17) is 9.47 Å². The van der Waals surface area contributed by atoms with Gasteiger partial charge < -0.3 is 14.6 Å². The summed E-state index contributed by atoms with van der Waals surface area (Å²) < 4.78 is 9.43. The van der Waals surface area contributed by atoms with Crippen LogP contribution in [-0.2, 0) is 9.47 Å². The zero-order valence-electron chi connectivity index (χ0n) is 12.1. The second-order valence-corrected chi connectivity index (χ2v) is 4.99. The van der Waals surface area contributed by atoms with Gasteiger partial charge in [-0.3, -0.25) is 0 Å². The van der Waals surface area contributed by atoms with Gasteiger partial charge in [0.15, 0.2) is 0 Å². The number of rotatable bonds is 2. The van der Waals surface area contributed by atoms with E-state index in [1.807, 2.05) is 0 Å². The summed E-state index contributed by atoms with van der Waals surface area (Å²) in [6.45, 7) is 0. The number of carbonyl (C=O) groups is 2. The maximum atomic E-state index is 11.7. The summed E-state index contributed by atoms with van der Waals surface area (Å²) in [6.07, 6.45) is -0.775. The molecule has 2 aromatic rings. The second kappa shape index (κ2) is 5.27. The molecule has 0 amide bonds. The number of aliphatic hydroxyl groups is 1. The zero-order chi connectivity index (χ0) is 15.9. The summed E-state index contributed by atoms with van der Waals surface area (Å²) in [5.74, 6) is -0.898. The molecular weight excluding hydrogens is 284 g/mol. The van der Waals surface area contributed by atoms with Gasteiger partial charge in [-0.15, -0.1) is 0 Å². The van der Waals surface area contributed by atoms with Crippen LogP contribution in [0.5, 0.6) is 0 Å². The van der Waals surface area contributed by atoms with Gasteiger partial charge in [0, 0.05) is 0 Å². The maximum absolute atomic E-state index is 11.7. The minimum atomic E-state index is -0.775. The van der Waals surface area contributed by atoms with Crippen molar-refractivity contribution in [2.75, 3.05) is 14.2 Å². The summed E-state index contributed by atoms with van der Waals surface area (Å²) in [7, 11) is 2.63. The van der Waals surface area contributed by atoms with E-state index in [1.165, 1.54) is 14.2 Å². The number of hydrogen-bond acceptors (Lipinski definition) is 5. The molecule has 0 unspecified atom stereocenters. The van der Waals surface area contributed by atoms with Crippen LogP contribution in [0.4, 0.5) is 0 Å². The number of methoxy groups -OCH3 is 2. The zero-order valence-corrected chi connectivity index (χ0v) is 12.1. The fraction of sp³-hybridized carbons (Fsp3) is 0.176. The monoisotopic (exact) mass is 298 g/mol. The molecule has 1 aliphatic rings. The van der Waals surface area contributed by atoms with E-state index in [9.17, 15) is 14.7 Å². The van der Waals surface area contributed by atoms with Gasteiger partial charge in [-0.2, -0.15) is 0 Å². The van der Waals surface area contributed by atoms with E-state index in [2.05, 4.69) is 0 Å². The second-order valence-electron chi connectivity index (χ2n) is 4.99. The molecule has 0 fully saturated rings. The molecule has 0 radical (unpaired) electrons. The van der Waals surface area contributed by atoms with Gasteiger partial charge >= 0.3 is 11.9 Å². The molecular formula is C17H14O5. The highest BCUT2D eigenvalue weighted by atomic mass is 16.5. The van der Waals surface area contributed by atoms with E-state index in [-0.39, 0.29) is 0 Å². The minimum absolute atomic E-state index is 0.393. The van der Waals surface area contributed by atoms with Crippen LogP contribution >= 0.6 is 0 Å². The van der Waals surface area contributed by atoms with Crippen LogP contribution in [-0.4, -0.2) is 31.3 Å². The van der Waals surface area contributed by atoms with Crippen LogP contribution in [0, 0.1) is 0 Å². The van der Waals surface area contributed by atoms with E-state index in [1.54, 1.807) is 36.4 Å². The number of ether oxygens (including phenoxy) is 2. The molecule has 0 spiro atoms. The normalized spacial score (nSPS) is 12.5. The van der Waals surface area contributed by atoms with Crippen LogP contribution in [0.1, 0.15) is 37.9 Å². The summed E-state index contributed by atoms with van der Waals surface area (Å²) in [4.78, 5) is 23.3. The molecule has 2 aromatic carbocycles. The Bertz CT molecular complexity index is 713. The first-order valence-electron chi connectivity index (χ1n) is 6.69. The van der Waals surface area contributed by atoms with E-state index in [0.29, 0.717) is 22.3 Å². The Morgan fingerprint density at radius 3 is 1.64 bits per heavy atom. The van der Waals surface area contributed by atoms with Gasteiger partial charge in [-0.05, 0) is 46.5 Å². The fourth-order valence-corrected chi connectivity index (χ4v) is 2.71. The molecule has 0 aliphatic heterocycles. The first-order chi connectivity index (χ1) is 10.6. The van der Waals surface area contributed by atoms with Crippen LogP contribution in [0.2, 0.25) is 0 Å². The Balaban J connectivity index is 2.16. The lowest BCUT2D eigenvalue weighted by atomic mass is 10.0. The molecule has 0 saturated carbocycles. The first kappa shape index (κ1) is 14.3. The Hall–Kier alpha value is -2.66. The smallest absolute Gasteiger partial charge is 0.337 e. The van der Waals surface area contributed by atoms with Crippen molar-refractivity contribution in [2.24, 2.45) is 0 Å². The van der Waals surface area contributed by atoms with Gasteiger partial charge in [0.05, 0.1) is 25.3 Å². The predicted molar refractivity (Wildman–Crippen MR) is 78.6 cm³/mol. The number of hydrogen-bond donors (Lipinski definition) is 1. The number of carbonyl (C=O) groups excluding carboxylic acids is 2. The largest absolute Gasteiger partial charge is 0.465 e. The molecule has 22 heavy (non-hydrogen) atoms. The average molecular weight is 298 g/mol. The van der Waals surface area contributed by atoms with Gasteiger partial charge in [0.2, 0.25) is 0 Å². The van der Waals surface area contributed by atoms with Crippen molar-refractivity contribution in [3.63, 3.8) is 0 Å². The van der Waals surface area contributed by atoms with Gasteiger partial charge in [-0.25, -0.2) is 9.59 Å². The van der Waals surface area contributed by atoms with Gasteiger partial charge in [-0.1, -0.05) is 12.1 Å². The topological polar surface area (TPSA) is 72.8 Å². The van der Waals surface area contributed by atoms with E-state index >= 15 is 0 Å². The van der Waals surface area contributed by atoms with Crippen molar-refractivity contribution in [1.82, 2.24) is 0 Å². The molecule has 5 nitrogen and oxygen atoms in total. The van der Waals surface area contributed by atoms with Crippen molar-refractivity contribution in [1.29, 1.82) is 0 Å². The molecule has 1 N–H and O–H groups in total. The van der Waals surface area contributed by atoms with Crippen molar-refractivity contribution < 1.29 is 24.2 Å². The van der Waals surface area contributed by atoms with E-state index < -0.39 is 18.0 Å². The molecule has 1 aliphatic carbocycles. The highest BCUT2D eigenvalue weighted by Gasteiger charge is 2.28. The first-order valence-corrected chi connectivity index (χ1v) is 6.69. The third-order valence-corrected chi connectivity index (χ3v) is 3.83. The van der Waals surface area contributed by atoms with Crippen molar-refractivity contribution >= 4 is 11.9 Å². The molecule has 3 rings (SSSR count). The van der Waals surface area contributed by atoms with Gasteiger partial charge in [0.1, 0.15) is 6.10 Å². The predicted octanol–water partition coefficient (Wildman–Crippen LogP) is 2.32. The lowest BCUT2D eigenvalue weighted by molar-refractivity contribution is 0.0591. The summed E-state index contributed by atoms with van der Waals surface area (Å²) >= 11 is 0. The highest BCUT2D eigenvalue weighted by Crippen LogP contribution is 2.44. The standard InChI is InChI=1S/C17H14O5/c1-21-16(19)9-3-5-11-13(7-9)14-8-10(17(20)22-2)4-6-12(14)15(11)18/h3-8,15,18H,1-2H3. The molecule has 0 aromatic heterocycles. The van der Waals surface area contributed by atoms with Crippen molar-refractivity contribution in [3.8, 4) is 11.1 Å². The summed E-state index contributed by atoms with van der Waals surface area (Å²) in [5, 5.41) is 10.4. The van der Waals surface area contributed by atoms with Crippen molar-refractivity contribution in [2.45, 2.75) is 6.10 Å². The summed E-state index contributed by atoms with van der Waals surface area (Å²) in [6, 6.07) is 9.95. The number of benzene rings is 2. The molecule has 0 atom stereocenters. The molecule has 112 valence electrons. The third kappa shape index (κ3) is 2.07. The van der Waals surface area contributed by atoms with E-state index in [0.717, 1.165) is 11.1 Å². The Morgan fingerprint density at radius 1 is 0.864 bits per heavy atom. The molecule has 0 bridgehead atoms. The maximum Gasteiger partial charge on any atom is 0.337 e. The van der Waals surface area contributed by atoms with Crippen LogP contribution < -0.4 is 0 Å². The Morgan fingerprint density at radius 2 is 1.27 bits per heavy atom. The lowest BCUT2D eigenvalue weighted by Gasteiger charge is -2.06. The number of fused-ring (bicyclic) bond motifs is 3. The van der Waals surface area contributed by atoms with Crippen LogP contribution in [0.25, 0.3) is 11.1 Å². The average Bonchev–Trinajstić information content (AvgIpc) is 2.85. The Labute approximate surface area is 127 Å². The number of aliphatic hydroxyl groups excluding tert-OH is 1.